The van der Waals surface area contributed by atoms with E-state index in [9.17, 15) is 0 Å². The number of hydrogen-bond acceptors (Lipinski definition) is 2. The average Bonchev–Trinajstić information content (AvgIpc) is 2.28. The van der Waals surface area contributed by atoms with Crippen molar-refractivity contribution in [2.75, 3.05) is 12.0 Å². The van der Waals surface area contributed by atoms with Gasteiger partial charge in [0.25, 0.3) is 0 Å². The second-order valence-corrected chi connectivity index (χ2v) is 5.21. The summed E-state index contributed by atoms with van der Waals surface area (Å²) in [7, 11) is 0. The van der Waals surface area contributed by atoms with Crippen LogP contribution in [0.1, 0.15) is 5.56 Å². The molecule has 0 aromatic heterocycles. The molecule has 17 heavy (non-hydrogen) atoms. The lowest BCUT2D eigenvalue weighted by atomic mass is 10.00. The van der Waals surface area contributed by atoms with Gasteiger partial charge in [-0.05, 0) is 48.6 Å². The van der Waals surface area contributed by atoms with Crippen molar-refractivity contribution in [2.24, 2.45) is 0 Å². The molecule has 0 spiro atoms. The molecule has 0 aliphatic heterocycles. The lowest BCUT2D eigenvalue weighted by Crippen LogP contribution is -1.90. The summed E-state index contributed by atoms with van der Waals surface area (Å²) in [5, 5.41) is 0.709. The van der Waals surface area contributed by atoms with Gasteiger partial charge >= 0.3 is 0 Å². The molecule has 0 aliphatic rings. The first-order valence-corrected chi connectivity index (χ1v) is 6.92. The third kappa shape index (κ3) is 2.59. The molecule has 0 fully saturated rings. The zero-order chi connectivity index (χ0) is 12.4. The van der Waals surface area contributed by atoms with Crippen LogP contribution in [0.15, 0.2) is 41.3 Å². The first kappa shape index (κ1) is 12.3. The number of hydrogen-bond donors (Lipinski definition) is 1. The van der Waals surface area contributed by atoms with E-state index in [0.29, 0.717) is 10.7 Å². The van der Waals surface area contributed by atoms with Gasteiger partial charge in [-0.3, -0.25) is 0 Å². The minimum absolute atomic E-state index is 0.706. The van der Waals surface area contributed by atoms with Crippen LogP contribution >= 0.6 is 23.4 Å². The van der Waals surface area contributed by atoms with Gasteiger partial charge in [-0.25, -0.2) is 0 Å². The van der Waals surface area contributed by atoms with Crippen LogP contribution in [0.2, 0.25) is 5.02 Å². The van der Waals surface area contributed by atoms with E-state index in [1.165, 1.54) is 4.90 Å². The molecule has 3 heteroatoms. The summed E-state index contributed by atoms with van der Waals surface area (Å²) in [5.74, 6) is 0. The maximum Gasteiger partial charge on any atom is 0.0507 e. The number of thioether (sulfide) groups is 1. The maximum absolute atomic E-state index is 6.28. The minimum atomic E-state index is 0.706. The van der Waals surface area contributed by atoms with E-state index in [1.54, 1.807) is 17.8 Å². The minimum Gasteiger partial charge on any atom is -0.399 e. The topological polar surface area (TPSA) is 26.0 Å². The molecule has 2 N–H and O–H groups in total. The highest BCUT2D eigenvalue weighted by Crippen LogP contribution is 2.34. The number of rotatable bonds is 2. The van der Waals surface area contributed by atoms with Crippen molar-refractivity contribution in [1.29, 1.82) is 0 Å². The molecule has 2 aromatic rings. The standard InChI is InChI=1S/C14H14ClNS/c1-9-6-11(16)8-13(15)14(9)10-4-3-5-12(7-10)17-2/h3-8H,16H2,1-2H3. The zero-order valence-electron chi connectivity index (χ0n) is 9.83. The van der Waals surface area contributed by atoms with Crippen LogP contribution < -0.4 is 5.73 Å². The molecule has 0 radical (unpaired) electrons. The molecule has 0 heterocycles. The third-order valence-electron chi connectivity index (χ3n) is 2.67. The fourth-order valence-corrected chi connectivity index (χ4v) is 2.76. The number of nitrogen functional groups attached to an aromatic ring is 1. The fraction of sp³-hybridized carbons (Fsp3) is 0.143. The van der Waals surface area contributed by atoms with Gasteiger partial charge in [0, 0.05) is 16.1 Å². The molecular formula is C14H14ClNS. The van der Waals surface area contributed by atoms with Crippen LogP contribution in [-0.2, 0) is 0 Å². The summed E-state index contributed by atoms with van der Waals surface area (Å²) in [6.45, 7) is 2.03. The Balaban J connectivity index is 2.60. The van der Waals surface area contributed by atoms with E-state index in [2.05, 4.69) is 24.5 Å². The van der Waals surface area contributed by atoms with Crippen LogP contribution in [0.3, 0.4) is 0 Å². The lowest BCUT2D eigenvalue weighted by molar-refractivity contribution is 1.42. The van der Waals surface area contributed by atoms with Crippen molar-refractivity contribution in [3.05, 3.63) is 47.0 Å². The highest BCUT2D eigenvalue weighted by Gasteiger charge is 2.08. The Morgan fingerprint density at radius 3 is 2.59 bits per heavy atom. The molecule has 0 bridgehead atoms. The van der Waals surface area contributed by atoms with Crippen molar-refractivity contribution in [3.63, 3.8) is 0 Å². The van der Waals surface area contributed by atoms with Gasteiger partial charge < -0.3 is 5.73 Å². The number of aryl methyl sites for hydroxylation is 1. The first-order valence-electron chi connectivity index (χ1n) is 5.32. The molecule has 0 saturated carbocycles. The zero-order valence-corrected chi connectivity index (χ0v) is 11.4. The smallest absolute Gasteiger partial charge is 0.0507 e. The maximum atomic E-state index is 6.28. The van der Waals surface area contributed by atoms with Crippen molar-refractivity contribution >= 4 is 29.1 Å². The molecule has 0 aliphatic carbocycles. The molecular weight excluding hydrogens is 250 g/mol. The Bertz CT molecular complexity index is 529. The summed E-state index contributed by atoms with van der Waals surface area (Å²) in [4.78, 5) is 1.23. The van der Waals surface area contributed by atoms with Crippen molar-refractivity contribution < 1.29 is 0 Å². The highest BCUT2D eigenvalue weighted by atomic mass is 35.5. The highest BCUT2D eigenvalue weighted by molar-refractivity contribution is 7.98. The van der Waals surface area contributed by atoms with Gasteiger partial charge in [0.1, 0.15) is 0 Å². The van der Waals surface area contributed by atoms with Gasteiger partial charge in [0.05, 0.1) is 5.02 Å². The normalized spacial score (nSPS) is 10.5. The van der Waals surface area contributed by atoms with Gasteiger partial charge in [-0.1, -0.05) is 23.7 Å². The molecule has 0 amide bonds. The van der Waals surface area contributed by atoms with Crippen molar-refractivity contribution in [3.8, 4) is 11.1 Å². The molecule has 1 nitrogen and oxygen atoms in total. The van der Waals surface area contributed by atoms with Crippen LogP contribution in [-0.4, -0.2) is 6.26 Å². The first-order chi connectivity index (χ1) is 8.11. The largest absolute Gasteiger partial charge is 0.399 e. The van der Waals surface area contributed by atoms with Gasteiger partial charge in [0.15, 0.2) is 0 Å². The van der Waals surface area contributed by atoms with Crippen LogP contribution in [0.5, 0.6) is 0 Å². The lowest BCUT2D eigenvalue weighted by Gasteiger charge is -2.10. The molecule has 88 valence electrons. The number of nitrogens with two attached hydrogens (primary N) is 1. The summed E-state index contributed by atoms with van der Waals surface area (Å²) >= 11 is 8.00. The summed E-state index contributed by atoms with van der Waals surface area (Å²) in [5.41, 5.74) is 9.79. The van der Waals surface area contributed by atoms with Gasteiger partial charge in [-0.2, -0.15) is 0 Å². The van der Waals surface area contributed by atoms with Gasteiger partial charge in [0.2, 0.25) is 0 Å². The second kappa shape index (κ2) is 5.03. The molecule has 2 aromatic carbocycles. The molecule has 0 unspecified atom stereocenters. The van der Waals surface area contributed by atoms with Crippen LogP contribution in [0.25, 0.3) is 11.1 Å². The van der Waals surface area contributed by atoms with E-state index >= 15 is 0 Å². The average molecular weight is 264 g/mol. The summed E-state index contributed by atoms with van der Waals surface area (Å²) in [6.07, 6.45) is 2.07. The van der Waals surface area contributed by atoms with Crippen LogP contribution in [0, 0.1) is 6.92 Å². The van der Waals surface area contributed by atoms with E-state index < -0.39 is 0 Å². The van der Waals surface area contributed by atoms with Crippen molar-refractivity contribution in [1.82, 2.24) is 0 Å². The Morgan fingerprint density at radius 2 is 1.94 bits per heavy atom. The molecule has 0 saturated heterocycles. The Hall–Kier alpha value is -1.12. The SMILES string of the molecule is CSc1cccc(-c2c(C)cc(N)cc2Cl)c1. The fourth-order valence-electron chi connectivity index (χ4n) is 1.91. The van der Waals surface area contributed by atoms with Crippen LogP contribution in [0.4, 0.5) is 5.69 Å². The van der Waals surface area contributed by atoms with E-state index in [4.69, 9.17) is 17.3 Å². The van der Waals surface area contributed by atoms with E-state index in [1.807, 2.05) is 19.1 Å². The Labute approximate surface area is 111 Å². The quantitative estimate of drug-likeness (QED) is 0.632. The third-order valence-corrected chi connectivity index (χ3v) is 3.69. The predicted molar refractivity (Wildman–Crippen MR) is 77.8 cm³/mol. The summed E-state index contributed by atoms with van der Waals surface area (Å²) in [6, 6.07) is 12.1. The molecule has 0 atom stereocenters. The molecule has 2 rings (SSSR count). The predicted octanol–water partition coefficient (Wildman–Crippen LogP) is 4.62. The van der Waals surface area contributed by atoms with Gasteiger partial charge in [-0.15, -0.1) is 11.8 Å². The number of anilines is 1. The van der Waals surface area contributed by atoms with Crippen molar-refractivity contribution in [2.45, 2.75) is 11.8 Å². The second-order valence-electron chi connectivity index (χ2n) is 3.93. The Kier molecular flexibility index (Phi) is 3.65. The monoisotopic (exact) mass is 263 g/mol. The van der Waals surface area contributed by atoms with E-state index in [0.717, 1.165) is 16.7 Å². The number of halogens is 1. The summed E-state index contributed by atoms with van der Waals surface area (Å²) < 4.78 is 0. The Morgan fingerprint density at radius 1 is 1.18 bits per heavy atom. The van der Waals surface area contributed by atoms with E-state index in [-0.39, 0.29) is 0 Å². The number of benzene rings is 2.